The highest BCUT2D eigenvalue weighted by molar-refractivity contribution is 5.10. The van der Waals surface area contributed by atoms with Gasteiger partial charge < -0.3 is 10.4 Å². The van der Waals surface area contributed by atoms with E-state index in [1.807, 2.05) is 0 Å². The molecule has 0 unspecified atom stereocenters. The SMILES string of the molecule is OCC1(CNCc2cncc(F)c2)CC1. The maximum absolute atomic E-state index is 12.8. The van der Waals surface area contributed by atoms with Crippen molar-refractivity contribution >= 4 is 0 Å². The number of hydrogen-bond donors (Lipinski definition) is 2. The smallest absolute Gasteiger partial charge is 0.141 e. The Bertz CT molecular complexity index is 339. The van der Waals surface area contributed by atoms with E-state index in [4.69, 9.17) is 5.11 Å². The maximum Gasteiger partial charge on any atom is 0.141 e. The molecule has 0 amide bonds. The summed E-state index contributed by atoms with van der Waals surface area (Å²) >= 11 is 0. The normalized spacial score (nSPS) is 17.7. The summed E-state index contributed by atoms with van der Waals surface area (Å²) in [6.07, 6.45) is 5.00. The lowest BCUT2D eigenvalue weighted by atomic mass is 10.1. The lowest BCUT2D eigenvalue weighted by Crippen LogP contribution is -2.26. The second-order valence-electron chi connectivity index (χ2n) is 4.27. The van der Waals surface area contributed by atoms with Crippen LogP contribution in [0.5, 0.6) is 0 Å². The zero-order valence-corrected chi connectivity index (χ0v) is 8.54. The molecule has 15 heavy (non-hydrogen) atoms. The molecule has 2 N–H and O–H groups in total. The Morgan fingerprint density at radius 2 is 2.27 bits per heavy atom. The van der Waals surface area contributed by atoms with Crippen molar-refractivity contribution in [3.63, 3.8) is 0 Å². The van der Waals surface area contributed by atoms with Crippen LogP contribution < -0.4 is 5.32 Å². The molecule has 0 spiro atoms. The molecule has 0 radical (unpaired) electrons. The number of nitrogens with zero attached hydrogens (tertiary/aromatic N) is 1. The summed E-state index contributed by atoms with van der Waals surface area (Å²) in [4.78, 5) is 3.77. The highest BCUT2D eigenvalue weighted by atomic mass is 19.1. The van der Waals surface area contributed by atoms with Gasteiger partial charge in [-0.1, -0.05) is 0 Å². The lowest BCUT2D eigenvalue weighted by molar-refractivity contribution is 0.207. The second kappa shape index (κ2) is 4.24. The first kappa shape index (κ1) is 10.5. The number of hydrogen-bond acceptors (Lipinski definition) is 3. The van der Waals surface area contributed by atoms with E-state index in [1.165, 1.54) is 12.3 Å². The van der Waals surface area contributed by atoms with Gasteiger partial charge in [-0.3, -0.25) is 4.98 Å². The van der Waals surface area contributed by atoms with Gasteiger partial charge in [-0.15, -0.1) is 0 Å². The molecule has 1 aliphatic carbocycles. The standard InChI is InChI=1S/C11H15FN2O/c12-10-3-9(4-13-6-10)5-14-7-11(8-15)1-2-11/h3-4,6,14-15H,1-2,5,7-8H2. The molecule has 3 nitrogen and oxygen atoms in total. The molecule has 4 heteroatoms. The highest BCUT2D eigenvalue weighted by Crippen LogP contribution is 2.44. The summed E-state index contributed by atoms with van der Waals surface area (Å²) in [6.45, 7) is 1.63. The molecular formula is C11H15FN2O. The molecule has 0 atom stereocenters. The molecule has 2 rings (SSSR count). The van der Waals surface area contributed by atoms with E-state index in [0.29, 0.717) is 6.54 Å². The van der Waals surface area contributed by atoms with Crippen molar-refractivity contribution in [3.05, 3.63) is 29.8 Å². The van der Waals surface area contributed by atoms with E-state index in [9.17, 15) is 4.39 Å². The van der Waals surface area contributed by atoms with Gasteiger partial charge in [0.1, 0.15) is 5.82 Å². The monoisotopic (exact) mass is 210 g/mol. The summed E-state index contributed by atoms with van der Waals surface area (Å²) in [7, 11) is 0. The number of halogens is 1. The Kier molecular flexibility index (Phi) is 2.98. The van der Waals surface area contributed by atoms with Crippen LogP contribution in [0.2, 0.25) is 0 Å². The van der Waals surface area contributed by atoms with Crippen molar-refractivity contribution in [2.45, 2.75) is 19.4 Å². The Labute approximate surface area is 88.3 Å². The van der Waals surface area contributed by atoms with Crippen LogP contribution in [0, 0.1) is 11.2 Å². The minimum absolute atomic E-state index is 0.0980. The van der Waals surface area contributed by atoms with E-state index < -0.39 is 0 Å². The molecule has 0 saturated heterocycles. The van der Waals surface area contributed by atoms with Gasteiger partial charge in [-0.05, 0) is 24.5 Å². The van der Waals surface area contributed by atoms with Crippen molar-refractivity contribution in [1.29, 1.82) is 0 Å². The molecule has 0 aliphatic heterocycles. The molecule has 1 aliphatic rings. The fourth-order valence-corrected chi connectivity index (χ4v) is 1.59. The van der Waals surface area contributed by atoms with Gasteiger partial charge in [0.15, 0.2) is 0 Å². The highest BCUT2D eigenvalue weighted by Gasteiger charge is 2.41. The van der Waals surface area contributed by atoms with Crippen molar-refractivity contribution in [1.82, 2.24) is 10.3 Å². The van der Waals surface area contributed by atoms with Crippen LogP contribution in [0.3, 0.4) is 0 Å². The molecule has 82 valence electrons. The molecule has 1 heterocycles. The third-order valence-electron chi connectivity index (χ3n) is 2.88. The van der Waals surface area contributed by atoms with Gasteiger partial charge in [0.25, 0.3) is 0 Å². The second-order valence-corrected chi connectivity index (χ2v) is 4.27. The van der Waals surface area contributed by atoms with Crippen molar-refractivity contribution in [3.8, 4) is 0 Å². The van der Waals surface area contributed by atoms with Gasteiger partial charge in [-0.25, -0.2) is 4.39 Å². The summed E-state index contributed by atoms with van der Waals surface area (Å²) in [5, 5.41) is 12.3. The Morgan fingerprint density at radius 1 is 1.47 bits per heavy atom. The van der Waals surface area contributed by atoms with E-state index in [2.05, 4.69) is 10.3 Å². The van der Waals surface area contributed by atoms with Crippen molar-refractivity contribution in [2.75, 3.05) is 13.2 Å². The van der Waals surface area contributed by atoms with Crippen molar-refractivity contribution in [2.24, 2.45) is 5.41 Å². The summed E-state index contributed by atoms with van der Waals surface area (Å²) < 4.78 is 12.8. The van der Waals surface area contributed by atoms with Crippen LogP contribution in [0.25, 0.3) is 0 Å². The molecular weight excluding hydrogens is 195 g/mol. The Balaban J connectivity index is 1.78. The fourth-order valence-electron chi connectivity index (χ4n) is 1.59. The molecule has 0 bridgehead atoms. The number of nitrogens with one attached hydrogen (secondary N) is 1. The molecule has 0 aromatic carbocycles. The van der Waals surface area contributed by atoms with E-state index >= 15 is 0 Å². The zero-order valence-electron chi connectivity index (χ0n) is 8.54. The third kappa shape index (κ3) is 2.73. The van der Waals surface area contributed by atoms with Gasteiger partial charge in [0, 0.05) is 31.3 Å². The van der Waals surface area contributed by atoms with Gasteiger partial charge >= 0.3 is 0 Å². The first-order chi connectivity index (χ1) is 7.24. The molecule has 1 aromatic rings. The largest absolute Gasteiger partial charge is 0.396 e. The first-order valence-electron chi connectivity index (χ1n) is 5.15. The average Bonchev–Trinajstić information content (AvgIpc) is 2.99. The quantitative estimate of drug-likeness (QED) is 0.764. The van der Waals surface area contributed by atoms with Crippen LogP contribution in [-0.4, -0.2) is 23.2 Å². The van der Waals surface area contributed by atoms with Gasteiger partial charge in [0.05, 0.1) is 6.20 Å². The van der Waals surface area contributed by atoms with Crippen LogP contribution in [0.15, 0.2) is 18.5 Å². The summed E-state index contributed by atoms with van der Waals surface area (Å²) in [5.41, 5.74) is 0.935. The van der Waals surface area contributed by atoms with Crippen LogP contribution in [-0.2, 0) is 6.54 Å². The maximum atomic E-state index is 12.8. The van der Waals surface area contributed by atoms with Crippen molar-refractivity contribution < 1.29 is 9.50 Å². The number of aromatic nitrogens is 1. The predicted molar refractivity (Wildman–Crippen MR) is 54.7 cm³/mol. The molecule has 1 fully saturated rings. The molecule has 1 aromatic heterocycles. The van der Waals surface area contributed by atoms with Gasteiger partial charge in [-0.2, -0.15) is 0 Å². The minimum atomic E-state index is -0.308. The number of aliphatic hydroxyl groups is 1. The number of aliphatic hydroxyl groups excluding tert-OH is 1. The molecule has 1 saturated carbocycles. The van der Waals surface area contributed by atoms with Crippen LogP contribution >= 0.6 is 0 Å². The van der Waals surface area contributed by atoms with E-state index in [-0.39, 0.29) is 17.8 Å². The van der Waals surface area contributed by atoms with Crippen LogP contribution in [0.1, 0.15) is 18.4 Å². The fraction of sp³-hybridized carbons (Fsp3) is 0.545. The Hall–Kier alpha value is -1.00. The van der Waals surface area contributed by atoms with E-state index in [1.54, 1.807) is 6.20 Å². The topological polar surface area (TPSA) is 45.1 Å². The number of rotatable bonds is 5. The summed E-state index contributed by atoms with van der Waals surface area (Å²) in [6, 6.07) is 1.47. The average molecular weight is 210 g/mol. The zero-order chi connectivity index (χ0) is 10.7. The van der Waals surface area contributed by atoms with Gasteiger partial charge in [0.2, 0.25) is 0 Å². The van der Waals surface area contributed by atoms with E-state index in [0.717, 1.165) is 24.9 Å². The Morgan fingerprint density at radius 3 is 2.87 bits per heavy atom. The summed E-state index contributed by atoms with van der Waals surface area (Å²) in [5.74, 6) is -0.308. The predicted octanol–water partition coefficient (Wildman–Crippen LogP) is 1.08. The first-order valence-corrected chi connectivity index (χ1v) is 5.15. The number of pyridine rings is 1. The minimum Gasteiger partial charge on any atom is -0.396 e. The third-order valence-corrected chi connectivity index (χ3v) is 2.88. The lowest BCUT2D eigenvalue weighted by Gasteiger charge is -2.12. The van der Waals surface area contributed by atoms with Crippen LogP contribution in [0.4, 0.5) is 4.39 Å².